The maximum atomic E-state index is 11.6. The third-order valence-electron chi connectivity index (χ3n) is 2.31. The fourth-order valence-electron chi connectivity index (χ4n) is 1.27. The van der Waals surface area contributed by atoms with Gasteiger partial charge in [-0.2, -0.15) is 0 Å². The van der Waals surface area contributed by atoms with E-state index in [0.717, 1.165) is 5.56 Å². The second-order valence-electron chi connectivity index (χ2n) is 3.89. The molecule has 4 nitrogen and oxygen atoms in total. The highest BCUT2D eigenvalue weighted by Crippen LogP contribution is 2.23. The van der Waals surface area contributed by atoms with Crippen molar-refractivity contribution in [3.05, 3.63) is 23.0 Å². The van der Waals surface area contributed by atoms with Crippen LogP contribution in [0.2, 0.25) is 5.15 Å². The number of hydrogen-bond acceptors (Lipinski definition) is 3. The maximum Gasteiger partial charge on any atom is 0.224 e. The normalized spacial score (nSPS) is 12.2. The summed E-state index contributed by atoms with van der Waals surface area (Å²) in [6, 6.07) is 1.80. The first-order valence-electron chi connectivity index (χ1n) is 5.15. The van der Waals surface area contributed by atoms with Gasteiger partial charge in [0.15, 0.2) is 5.15 Å². The predicted molar refractivity (Wildman–Crippen MR) is 65.4 cm³/mol. The van der Waals surface area contributed by atoms with E-state index in [1.54, 1.807) is 12.3 Å². The van der Waals surface area contributed by atoms with Crippen LogP contribution in [-0.2, 0) is 4.79 Å². The van der Waals surface area contributed by atoms with Crippen LogP contribution in [-0.4, -0.2) is 17.4 Å². The lowest BCUT2D eigenvalue weighted by molar-refractivity contribution is -0.116. The Kier molecular flexibility index (Phi) is 4.71. The van der Waals surface area contributed by atoms with E-state index in [2.05, 4.69) is 10.3 Å². The number of nitrogens with two attached hydrogens (primary N) is 1. The van der Waals surface area contributed by atoms with Gasteiger partial charge in [-0.25, -0.2) is 4.98 Å². The van der Waals surface area contributed by atoms with Crippen molar-refractivity contribution < 1.29 is 4.79 Å². The molecule has 1 rings (SSSR count). The van der Waals surface area contributed by atoms with Crippen molar-refractivity contribution in [2.24, 2.45) is 11.7 Å². The lowest BCUT2D eigenvalue weighted by Crippen LogP contribution is -2.20. The highest BCUT2D eigenvalue weighted by Gasteiger charge is 2.11. The fourth-order valence-corrected chi connectivity index (χ4v) is 1.52. The molecular formula is C11H16ClN3O. The Morgan fingerprint density at radius 1 is 1.69 bits per heavy atom. The smallest absolute Gasteiger partial charge is 0.224 e. The molecule has 1 aromatic heterocycles. The standard InChI is InChI=1S/C11H16ClN3O/c1-7(6-13)5-9(16)15-10-8(2)3-4-14-11(10)12/h3-4,7H,5-6,13H2,1-2H3,(H,15,16). The number of carbonyl (C=O) groups excluding carboxylic acids is 1. The van der Waals surface area contributed by atoms with Gasteiger partial charge in [-0.3, -0.25) is 4.79 Å². The Balaban J connectivity index is 2.70. The topological polar surface area (TPSA) is 68.0 Å². The second-order valence-corrected chi connectivity index (χ2v) is 4.24. The first kappa shape index (κ1) is 12.9. The number of rotatable bonds is 4. The molecule has 1 amide bonds. The minimum atomic E-state index is -0.0871. The third kappa shape index (κ3) is 3.47. The minimum Gasteiger partial charge on any atom is -0.330 e. The molecule has 16 heavy (non-hydrogen) atoms. The van der Waals surface area contributed by atoms with Gasteiger partial charge in [0.25, 0.3) is 0 Å². The molecule has 0 saturated carbocycles. The Hall–Kier alpha value is -1.13. The molecule has 0 spiro atoms. The number of amides is 1. The van der Waals surface area contributed by atoms with Crippen LogP contribution >= 0.6 is 11.6 Å². The summed E-state index contributed by atoms with van der Waals surface area (Å²) < 4.78 is 0. The van der Waals surface area contributed by atoms with Crippen molar-refractivity contribution in [3.8, 4) is 0 Å². The first-order valence-corrected chi connectivity index (χ1v) is 5.53. The number of halogens is 1. The van der Waals surface area contributed by atoms with Crippen LogP contribution < -0.4 is 11.1 Å². The summed E-state index contributed by atoms with van der Waals surface area (Å²) in [4.78, 5) is 15.6. The molecule has 0 fully saturated rings. The van der Waals surface area contributed by atoms with Crippen molar-refractivity contribution in [1.82, 2.24) is 4.98 Å². The predicted octanol–water partition coefficient (Wildman–Crippen LogP) is 1.97. The summed E-state index contributed by atoms with van der Waals surface area (Å²) in [7, 11) is 0. The molecule has 0 aliphatic heterocycles. The third-order valence-corrected chi connectivity index (χ3v) is 2.60. The number of hydrogen-bond donors (Lipinski definition) is 2. The zero-order valence-corrected chi connectivity index (χ0v) is 10.2. The average molecular weight is 242 g/mol. The van der Waals surface area contributed by atoms with Crippen LogP contribution in [0.4, 0.5) is 5.69 Å². The molecule has 0 aliphatic rings. The van der Waals surface area contributed by atoms with Crippen LogP contribution in [0, 0.1) is 12.8 Å². The van der Waals surface area contributed by atoms with Crippen molar-refractivity contribution in [1.29, 1.82) is 0 Å². The number of nitrogens with one attached hydrogen (secondary N) is 1. The molecule has 1 aromatic rings. The number of aromatic nitrogens is 1. The van der Waals surface area contributed by atoms with Crippen LogP contribution in [0.5, 0.6) is 0 Å². The van der Waals surface area contributed by atoms with Crippen molar-refractivity contribution in [2.75, 3.05) is 11.9 Å². The van der Waals surface area contributed by atoms with E-state index in [9.17, 15) is 4.79 Å². The number of nitrogens with zero attached hydrogens (tertiary/aromatic N) is 1. The Labute approximate surface area is 100 Å². The van der Waals surface area contributed by atoms with Gasteiger partial charge in [-0.05, 0) is 31.0 Å². The summed E-state index contributed by atoms with van der Waals surface area (Å²) in [6.45, 7) is 4.29. The van der Waals surface area contributed by atoms with E-state index in [1.165, 1.54) is 0 Å². The molecule has 0 bridgehead atoms. The number of aryl methyl sites for hydroxylation is 1. The Morgan fingerprint density at radius 2 is 2.38 bits per heavy atom. The summed E-state index contributed by atoms with van der Waals surface area (Å²) in [5.41, 5.74) is 6.93. The van der Waals surface area contributed by atoms with Gasteiger partial charge >= 0.3 is 0 Å². The van der Waals surface area contributed by atoms with Crippen molar-refractivity contribution >= 4 is 23.2 Å². The molecule has 0 radical (unpaired) electrons. The monoisotopic (exact) mass is 241 g/mol. The number of carbonyl (C=O) groups is 1. The summed E-state index contributed by atoms with van der Waals surface area (Å²) in [6.07, 6.45) is 2.00. The lowest BCUT2D eigenvalue weighted by Gasteiger charge is -2.11. The summed E-state index contributed by atoms with van der Waals surface area (Å²) in [5.74, 6) is 0.0757. The van der Waals surface area contributed by atoms with Gasteiger partial charge in [0, 0.05) is 12.6 Å². The molecule has 0 saturated heterocycles. The van der Waals surface area contributed by atoms with E-state index in [1.807, 2.05) is 13.8 Å². The summed E-state index contributed by atoms with van der Waals surface area (Å²) in [5, 5.41) is 3.07. The fraction of sp³-hybridized carbons (Fsp3) is 0.455. The van der Waals surface area contributed by atoms with Gasteiger partial charge in [0.05, 0.1) is 5.69 Å². The van der Waals surface area contributed by atoms with Gasteiger partial charge in [-0.1, -0.05) is 18.5 Å². The van der Waals surface area contributed by atoms with Gasteiger partial charge in [0.2, 0.25) is 5.91 Å². The average Bonchev–Trinajstić information content (AvgIpc) is 2.23. The SMILES string of the molecule is Cc1ccnc(Cl)c1NC(=O)CC(C)CN. The Bertz CT molecular complexity index is 361. The summed E-state index contributed by atoms with van der Waals surface area (Å²) >= 11 is 5.89. The maximum absolute atomic E-state index is 11.6. The quantitative estimate of drug-likeness (QED) is 0.792. The lowest BCUT2D eigenvalue weighted by atomic mass is 10.1. The van der Waals surface area contributed by atoms with E-state index < -0.39 is 0 Å². The van der Waals surface area contributed by atoms with E-state index >= 15 is 0 Å². The van der Waals surface area contributed by atoms with Gasteiger partial charge in [-0.15, -0.1) is 0 Å². The molecule has 0 aromatic carbocycles. The van der Waals surface area contributed by atoms with Crippen molar-refractivity contribution in [3.63, 3.8) is 0 Å². The van der Waals surface area contributed by atoms with Crippen LogP contribution in [0.25, 0.3) is 0 Å². The molecule has 1 unspecified atom stereocenters. The van der Waals surface area contributed by atoms with Crippen molar-refractivity contribution in [2.45, 2.75) is 20.3 Å². The van der Waals surface area contributed by atoms with E-state index in [-0.39, 0.29) is 11.8 Å². The van der Waals surface area contributed by atoms with Crippen LogP contribution in [0.3, 0.4) is 0 Å². The highest BCUT2D eigenvalue weighted by atomic mass is 35.5. The zero-order chi connectivity index (χ0) is 12.1. The van der Waals surface area contributed by atoms with E-state index in [4.69, 9.17) is 17.3 Å². The number of anilines is 1. The minimum absolute atomic E-state index is 0.0871. The molecule has 1 atom stereocenters. The first-order chi connectivity index (χ1) is 7.54. The molecule has 3 N–H and O–H groups in total. The largest absolute Gasteiger partial charge is 0.330 e. The van der Waals surface area contributed by atoms with E-state index in [0.29, 0.717) is 23.8 Å². The Morgan fingerprint density at radius 3 is 2.94 bits per heavy atom. The van der Waals surface area contributed by atoms with Crippen LogP contribution in [0.15, 0.2) is 12.3 Å². The molecule has 0 aliphatic carbocycles. The van der Waals surface area contributed by atoms with Gasteiger partial charge in [0.1, 0.15) is 0 Å². The highest BCUT2D eigenvalue weighted by molar-refractivity contribution is 6.32. The molecule has 88 valence electrons. The molecule has 5 heteroatoms. The number of pyridine rings is 1. The second kappa shape index (κ2) is 5.82. The van der Waals surface area contributed by atoms with Crippen LogP contribution in [0.1, 0.15) is 18.9 Å². The molecular weight excluding hydrogens is 226 g/mol. The zero-order valence-electron chi connectivity index (χ0n) is 9.46. The van der Waals surface area contributed by atoms with Gasteiger partial charge < -0.3 is 11.1 Å². The molecule has 1 heterocycles.